The highest BCUT2D eigenvalue weighted by molar-refractivity contribution is 7.71. The van der Waals surface area contributed by atoms with E-state index in [1.807, 2.05) is 6.07 Å². The number of aromatic nitrogens is 2. The Balaban J connectivity index is 1.65. The Morgan fingerprint density at radius 1 is 1.08 bits per heavy atom. The van der Waals surface area contributed by atoms with Gasteiger partial charge in [0.15, 0.2) is 0 Å². The number of piperazine rings is 1. The lowest BCUT2D eigenvalue weighted by Gasteiger charge is -2.35. The van der Waals surface area contributed by atoms with Gasteiger partial charge in [0.05, 0.1) is 6.67 Å². The Morgan fingerprint density at radius 2 is 1.76 bits per heavy atom. The van der Waals surface area contributed by atoms with Gasteiger partial charge in [0.25, 0.3) is 4.84 Å². The molecule has 6 heteroatoms. The fraction of sp³-hybridized carbons (Fsp3) is 0.579. The molecule has 0 unspecified atom stereocenters. The van der Waals surface area contributed by atoms with Gasteiger partial charge in [0.2, 0.25) is 5.89 Å². The van der Waals surface area contributed by atoms with Crippen LogP contribution in [0.4, 0.5) is 0 Å². The highest BCUT2D eigenvalue weighted by Gasteiger charge is 2.19. The molecule has 136 valence electrons. The van der Waals surface area contributed by atoms with Crippen molar-refractivity contribution in [2.45, 2.75) is 34.4 Å². The van der Waals surface area contributed by atoms with Crippen LogP contribution in [0.3, 0.4) is 0 Å². The normalized spacial score (nSPS) is 16.7. The lowest BCUT2D eigenvalue weighted by atomic mass is 10.1. The number of hydrogen-bond donors (Lipinski definition) is 0. The molecule has 0 saturated carbocycles. The SMILES string of the molecule is Cc1ccc(-c2nn(CN3CCN(CC(C)C)CC3)c(=S)o2)cc1C. The van der Waals surface area contributed by atoms with Gasteiger partial charge in [-0.25, -0.2) is 4.68 Å². The van der Waals surface area contributed by atoms with Crippen molar-refractivity contribution in [1.29, 1.82) is 0 Å². The van der Waals surface area contributed by atoms with Crippen molar-refractivity contribution >= 4 is 12.2 Å². The van der Waals surface area contributed by atoms with E-state index in [2.05, 4.69) is 54.7 Å². The monoisotopic (exact) mass is 360 g/mol. The van der Waals surface area contributed by atoms with Gasteiger partial charge in [-0.05, 0) is 55.2 Å². The average Bonchev–Trinajstić information content (AvgIpc) is 2.92. The number of nitrogens with zero attached hydrogens (tertiary/aromatic N) is 4. The van der Waals surface area contributed by atoms with Crippen LogP contribution < -0.4 is 0 Å². The highest BCUT2D eigenvalue weighted by Crippen LogP contribution is 2.21. The van der Waals surface area contributed by atoms with Crippen LogP contribution in [0.15, 0.2) is 22.6 Å². The fourth-order valence-electron chi connectivity index (χ4n) is 3.21. The Kier molecular flexibility index (Phi) is 5.71. The summed E-state index contributed by atoms with van der Waals surface area (Å²) in [6.45, 7) is 14.9. The van der Waals surface area contributed by atoms with Gasteiger partial charge in [-0.1, -0.05) is 19.9 Å². The molecule has 2 aromatic rings. The van der Waals surface area contributed by atoms with E-state index in [9.17, 15) is 0 Å². The Bertz CT molecular complexity index is 772. The molecule has 1 aliphatic rings. The third-order valence-corrected chi connectivity index (χ3v) is 5.08. The standard InChI is InChI=1S/C19H28N4OS/c1-14(2)12-21-7-9-22(10-8-21)13-23-19(25)24-18(20-23)17-6-5-15(3)16(4)11-17/h5-6,11,14H,7-10,12-13H2,1-4H3. The minimum atomic E-state index is 0.442. The summed E-state index contributed by atoms with van der Waals surface area (Å²) in [4.78, 5) is 5.36. The summed E-state index contributed by atoms with van der Waals surface area (Å²) in [7, 11) is 0. The van der Waals surface area contributed by atoms with E-state index < -0.39 is 0 Å². The number of hydrogen-bond acceptors (Lipinski definition) is 5. The first-order valence-corrected chi connectivity index (χ1v) is 9.43. The molecule has 5 nitrogen and oxygen atoms in total. The van der Waals surface area contributed by atoms with Crippen LogP contribution in [0, 0.1) is 24.6 Å². The van der Waals surface area contributed by atoms with Crippen molar-refractivity contribution in [3.63, 3.8) is 0 Å². The van der Waals surface area contributed by atoms with Gasteiger partial charge < -0.3 is 9.32 Å². The van der Waals surface area contributed by atoms with Gasteiger partial charge in [-0.15, -0.1) is 5.10 Å². The van der Waals surface area contributed by atoms with E-state index in [0.29, 0.717) is 17.4 Å². The summed E-state index contributed by atoms with van der Waals surface area (Å²) >= 11 is 5.38. The van der Waals surface area contributed by atoms with Gasteiger partial charge in [-0.2, -0.15) is 0 Å². The average molecular weight is 361 g/mol. The van der Waals surface area contributed by atoms with Gasteiger partial charge in [-0.3, -0.25) is 4.90 Å². The van der Waals surface area contributed by atoms with Crippen molar-refractivity contribution in [1.82, 2.24) is 19.6 Å². The molecule has 1 aromatic carbocycles. The van der Waals surface area contributed by atoms with Crippen LogP contribution in [-0.4, -0.2) is 52.3 Å². The second-order valence-electron chi connectivity index (χ2n) is 7.43. The maximum atomic E-state index is 5.74. The zero-order valence-corrected chi connectivity index (χ0v) is 16.5. The van der Waals surface area contributed by atoms with Crippen molar-refractivity contribution in [3.8, 4) is 11.5 Å². The lowest BCUT2D eigenvalue weighted by Crippen LogP contribution is -2.47. The second-order valence-corrected chi connectivity index (χ2v) is 7.77. The van der Waals surface area contributed by atoms with Crippen molar-refractivity contribution in [2.75, 3.05) is 32.7 Å². The first kappa shape index (κ1) is 18.3. The van der Waals surface area contributed by atoms with Gasteiger partial charge in [0.1, 0.15) is 0 Å². The van der Waals surface area contributed by atoms with Crippen molar-refractivity contribution < 1.29 is 4.42 Å². The molecule has 0 spiro atoms. The van der Waals surface area contributed by atoms with E-state index in [1.165, 1.54) is 17.7 Å². The summed E-state index contributed by atoms with van der Waals surface area (Å²) in [6, 6.07) is 6.24. The number of aryl methyl sites for hydroxylation is 2. The topological polar surface area (TPSA) is 37.4 Å². The molecule has 0 radical (unpaired) electrons. The van der Waals surface area contributed by atoms with Crippen LogP contribution >= 0.6 is 12.2 Å². The van der Waals surface area contributed by atoms with E-state index in [4.69, 9.17) is 16.6 Å². The van der Waals surface area contributed by atoms with Crippen LogP contribution in [0.1, 0.15) is 25.0 Å². The van der Waals surface area contributed by atoms with Crippen LogP contribution in [-0.2, 0) is 6.67 Å². The largest absolute Gasteiger partial charge is 0.409 e. The number of benzene rings is 1. The highest BCUT2D eigenvalue weighted by atomic mass is 32.1. The predicted octanol–water partition coefficient (Wildman–Crippen LogP) is 3.72. The molecule has 1 aliphatic heterocycles. The van der Waals surface area contributed by atoms with Crippen LogP contribution in [0.25, 0.3) is 11.5 Å². The molecule has 0 aliphatic carbocycles. The molecule has 0 N–H and O–H groups in total. The molecular formula is C19H28N4OS. The maximum Gasteiger partial charge on any atom is 0.288 e. The smallest absolute Gasteiger partial charge is 0.288 e. The summed E-state index contributed by atoms with van der Waals surface area (Å²) in [6.07, 6.45) is 0. The fourth-order valence-corrected chi connectivity index (χ4v) is 3.38. The zero-order valence-electron chi connectivity index (χ0n) is 15.7. The maximum absolute atomic E-state index is 5.74. The zero-order chi connectivity index (χ0) is 18.0. The summed E-state index contributed by atoms with van der Waals surface area (Å²) < 4.78 is 7.54. The summed E-state index contributed by atoms with van der Waals surface area (Å²) in [5, 5.41) is 4.60. The van der Waals surface area contributed by atoms with E-state index >= 15 is 0 Å². The lowest BCUT2D eigenvalue weighted by molar-refractivity contribution is 0.0944. The van der Waals surface area contributed by atoms with Crippen LogP contribution in [0.5, 0.6) is 0 Å². The Morgan fingerprint density at radius 3 is 2.40 bits per heavy atom. The molecular weight excluding hydrogens is 332 g/mol. The first-order valence-electron chi connectivity index (χ1n) is 9.02. The molecule has 2 heterocycles. The Hall–Kier alpha value is -1.50. The molecule has 3 rings (SSSR count). The van der Waals surface area contributed by atoms with Crippen LogP contribution in [0.2, 0.25) is 0 Å². The summed E-state index contributed by atoms with van der Waals surface area (Å²) in [5.74, 6) is 1.32. The van der Waals surface area contributed by atoms with Crippen molar-refractivity contribution in [2.24, 2.45) is 5.92 Å². The predicted molar refractivity (Wildman–Crippen MR) is 103 cm³/mol. The molecule has 1 fully saturated rings. The van der Waals surface area contributed by atoms with E-state index in [1.54, 1.807) is 4.68 Å². The van der Waals surface area contributed by atoms with E-state index in [0.717, 1.165) is 37.7 Å². The minimum Gasteiger partial charge on any atom is -0.409 e. The molecule has 1 aromatic heterocycles. The van der Waals surface area contributed by atoms with Gasteiger partial charge >= 0.3 is 0 Å². The third kappa shape index (κ3) is 4.57. The molecule has 25 heavy (non-hydrogen) atoms. The molecule has 0 amide bonds. The molecule has 0 bridgehead atoms. The van der Waals surface area contributed by atoms with Gasteiger partial charge in [0, 0.05) is 38.3 Å². The van der Waals surface area contributed by atoms with E-state index in [-0.39, 0.29) is 0 Å². The minimum absolute atomic E-state index is 0.442. The number of rotatable bonds is 5. The second kappa shape index (κ2) is 7.81. The molecule has 0 atom stereocenters. The summed E-state index contributed by atoms with van der Waals surface area (Å²) in [5.41, 5.74) is 3.48. The first-order chi connectivity index (χ1) is 11.9. The Labute approximate surface area is 155 Å². The quantitative estimate of drug-likeness (QED) is 0.760. The van der Waals surface area contributed by atoms with Crippen molar-refractivity contribution in [3.05, 3.63) is 34.2 Å². The molecule has 1 saturated heterocycles. The third-order valence-electron chi connectivity index (χ3n) is 4.78.